The Balaban J connectivity index is 1.42. The van der Waals surface area contributed by atoms with E-state index in [0.717, 1.165) is 38.0 Å². The van der Waals surface area contributed by atoms with Gasteiger partial charge in [-0.1, -0.05) is 24.9 Å². The van der Waals surface area contributed by atoms with E-state index in [9.17, 15) is 13.7 Å². The van der Waals surface area contributed by atoms with Crippen molar-refractivity contribution in [3.8, 4) is 0 Å². The molecular formula is C21H19ClFN5O3S. The van der Waals surface area contributed by atoms with Crippen LogP contribution in [0.15, 0.2) is 39.8 Å². The van der Waals surface area contributed by atoms with Crippen molar-refractivity contribution in [2.45, 2.75) is 31.2 Å². The Kier molecular flexibility index (Phi) is 5.44. The van der Waals surface area contributed by atoms with E-state index < -0.39 is 23.1 Å². The smallest absolute Gasteiger partial charge is 0.328 e. The Hall–Kier alpha value is -2.82. The van der Waals surface area contributed by atoms with E-state index in [-0.39, 0.29) is 26.9 Å². The topological polar surface area (TPSA) is 98.7 Å². The number of hydrogen-bond donors (Lipinski definition) is 1. The van der Waals surface area contributed by atoms with Gasteiger partial charge in [-0.3, -0.25) is 4.79 Å². The van der Waals surface area contributed by atoms with E-state index in [0.29, 0.717) is 11.3 Å². The zero-order valence-corrected chi connectivity index (χ0v) is 18.7. The van der Waals surface area contributed by atoms with E-state index in [2.05, 4.69) is 14.8 Å². The van der Waals surface area contributed by atoms with Gasteiger partial charge < -0.3 is 13.9 Å². The summed E-state index contributed by atoms with van der Waals surface area (Å²) >= 11 is 4.11. The third-order valence-corrected chi connectivity index (χ3v) is 6.80. The molecule has 32 heavy (non-hydrogen) atoms. The van der Waals surface area contributed by atoms with Crippen LogP contribution in [0, 0.1) is 5.82 Å². The second-order valence-corrected chi connectivity index (χ2v) is 9.03. The summed E-state index contributed by atoms with van der Waals surface area (Å²) in [6, 6.07) is 7.97. The standard InChI is InChI=1S/C21H19ClFN5O3S/c1-2-4-12-5-6-18-24-19(22)21(28(18)25-12)32(30)26-20(29)17-11-14-15(23)9-13(10-16(14)31-17)27-7-3-8-27/h5-6,9-11H,2-4,7-8H2,1H3,(H,26,29). The van der Waals surface area contributed by atoms with Crippen LogP contribution in [0.25, 0.3) is 16.6 Å². The molecule has 4 aromatic rings. The molecule has 1 N–H and O–H groups in total. The van der Waals surface area contributed by atoms with Crippen molar-refractivity contribution in [2.24, 2.45) is 0 Å². The molecule has 1 fully saturated rings. The first-order valence-corrected chi connectivity index (χ1v) is 11.7. The number of halogens is 2. The Bertz CT molecular complexity index is 1340. The maximum atomic E-state index is 14.5. The number of nitrogens with one attached hydrogen (secondary N) is 1. The van der Waals surface area contributed by atoms with Gasteiger partial charge in [0, 0.05) is 30.9 Å². The summed E-state index contributed by atoms with van der Waals surface area (Å²) in [5, 5.41) is 4.63. The molecule has 1 saturated heterocycles. The highest BCUT2D eigenvalue weighted by molar-refractivity contribution is 7.90. The monoisotopic (exact) mass is 475 g/mol. The number of aromatic nitrogens is 3. The highest BCUT2D eigenvalue weighted by atomic mass is 35.5. The molecule has 4 heterocycles. The number of imidazole rings is 1. The average Bonchev–Trinajstić information content (AvgIpc) is 3.27. The van der Waals surface area contributed by atoms with Gasteiger partial charge >= 0.3 is 10.9 Å². The van der Waals surface area contributed by atoms with Crippen molar-refractivity contribution in [1.29, 1.82) is 0 Å². The number of carbonyl (C=O) groups excluding carboxylic acids is 1. The van der Waals surface area contributed by atoms with Gasteiger partial charge in [-0.15, -0.1) is 0 Å². The fourth-order valence-electron chi connectivity index (χ4n) is 3.60. The van der Waals surface area contributed by atoms with Crippen molar-refractivity contribution in [3.63, 3.8) is 0 Å². The molecule has 0 aliphatic carbocycles. The quantitative estimate of drug-likeness (QED) is 0.425. The lowest BCUT2D eigenvalue weighted by Crippen LogP contribution is -2.36. The number of nitrogens with zero attached hydrogens (tertiary/aromatic N) is 4. The minimum absolute atomic E-state index is 0.0281. The highest BCUT2D eigenvalue weighted by Crippen LogP contribution is 2.30. The summed E-state index contributed by atoms with van der Waals surface area (Å²) in [6.07, 6.45) is 2.67. The van der Waals surface area contributed by atoms with E-state index in [4.69, 9.17) is 16.0 Å². The predicted molar refractivity (Wildman–Crippen MR) is 119 cm³/mol. The molecule has 5 rings (SSSR count). The van der Waals surface area contributed by atoms with Gasteiger partial charge in [0.15, 0.2) is 11.4 Å². The van der Waals surface area contributed by atoms with E-state index in [1.165, 1.54) is 16.6 Å². The molecule has 0 saturated carbocycles. The maximum absolute atomic E-state index is 14.5. The van der Waals surface area contributed by atoms with Crippen molar-refractivity contribution in [2.75, 3.05) is 18.0 Å². The third kappa shape index (κ3) is 3.68. The van der Waals surface area contributed by atoms with Crippen LogP contribution < -0.4 is 9.62 Å². The SMILES string of the molecule is CCCc1ccc2nc(Cl)c([S+]([O-])NC(=O)c3cc4c(F)cc(N5CCC5)cc4o3)n2n1. The number of amides is 1. The predicted octanol–water partition coefficient (Wildman–Crippen LogP) is 3.88. The number of aryl methyl sites for hydroxylation is 1. The Morgan fingerprint density at radius 3 is 2.88 bits per heavy atom. The normalized spacial score (nSPS) is 14.7. The highest BCUT2D eigenvalue weighted by Gasteiger charge is 2.29. The zero-order valence-electron chi connectivity index (χ0n) is 17.1. The molecule has 1 amide bonds. The Labute approximate surface area is 190 Å². The largest absolute Gasteiger partial charge is 0.586 e. The molecule has 1 atom stereocenters. The lowest BCUT2D eigenvalue weighted by atomic mass is 10.1. The number of anilines is 1. The number of furan rings is 1. The molecule has 1 aliphatic heterocycles. The molecule has 166 valence electrons. The van der Waals surface area contributed by atoms with Gasteiger partial charge in [0.1, 0.15) is 22.8 Å². The van der Waals surface area contributed by atoms with Gasteiger partial charge in [0.05, 0.1) is 11.1 Å². The number of fused-ring (bicyclic) bond motifs is 2. The van der Waals surface area contributed by atoms with Crippen LogP contribution in [0.3, 0.4) is 0 Å². The minimum Gasteiger partial charge on any atom is -0.586 e. The van der Waals surface area contributed by atoms with Crippen LogP contribution >= 0.6 is 11.6 Å². The van der Waals surface area contributed by atoms with Crippen LogP contribution in [0.4, 0.5) is 10.1 Å². The lowest BCUT2D eigenvalue weighted by molar-refractivity contribution is 0.0956. The van der Waals surface area contributed by atoms with Crippen molar-refractivity contribution < 1.29 is 18.2 Å². The summed E-state index contributed by atoms with van der Waals surface area (Å²) in [4.78, 5) is 18.9. The zero-order chi connectivity index (χ0) is 22.4. The summed E-state index contributed by atoms with van der Waals surface area (Å²) in [5.41, 5.74) is 2.15. The van der Waals surface area contributed by atoms with Crippen LogP contribution in [0.1, 0.15) is 36.0 Å². The molecule has 1 unspecified atom stereocenters. The molecule has 8 nitrogen and oxygen atoms in total. The molecule has 0 spiro atoms. The first kappa shape index (κ1) is 21.0. The molecule has 3 aromatic heterocycles. The first-order chi connectivity index (χ1) is 15.4. The maximum Gasteiger partial charge on any atom is 0.328 e. The van der Waals surface area contributed by atoms with Crippen molar-refractivity contribution in [1.82, 2.24) is 19.3 Å². The lowest BCUT2D eigenvalue weighted by Gasteiger charge is -2.33. The average molecular weight is 476 g/mol. The van der Waals surface area contributed by atoms with E-state index in [1.807, 2.05) is 17.9 Å². The summed E-state index contributed by atoms with van der Waals surface area (Å²) < 4.78 is 36.8. The molecule has 0 radical (unpaired) electrons. The molecule has 0 bridgehead atoms. The summed E-state index contributed by atoms with van der Waals surface area (Å²) in [7, 11) is 0. The molecular weight excluding hydrogens is 457 g/mol. The molecule has 11 heteroatoms. The van der Waals surface area contributed by atoms with Crippen LogP contribution in [0.5, 0.6) is 0 Å². The number of hydrogen-bond acceptors (Lipinski definition) is 6. The van der Waals surface area contributed by atoms with Crippen LogP contribution in [0.2, 0.25) is 5.15 Å². The fraction of sp³-hybridized carbons (Fsp3) is 0.286. The van der Waals surface area contributed by atoms with Crippen LogP contribution in [-0.4, -0.2) is 38.1 Å². The van der Waals surface area contributed by atoms with Crippen LogP contribution in [-0.2, 0) is 17.8 Å². The summed E-state index contributed by atoms with van der Waals surface area (Å²) in [6.45, 7) is 3.73. The van der Waals surface area contributed by atoms with Crippen molar-refractivity contribution >= 4 is 51.2 Å². The van der Waals surface area contributed by atoms with Gasteiger partial charge in [0.25, 0.3) is 0 Å². The first-order valence-electron chi connectivity index (χ1n) is 10.2. The fourth-order valence-corrected chi connectivity index (χ4v) is 4.84. The van der Waals surface area contributed by atoms with E-state index in [1.54, 1.807) is 12.1 Å². The Morgan fingerprint density at radius 1 is 1.34 bits per heavy atom. The number of carbonyl (C=O) groups is 1. The van der Waals surface area contributed by atoms with Gasteiger partial charge in [-0.05, 0) is 31.0 Å². The second-order valence-electron chi connectivity index (χ2n) is 7.54. The van der Waals surface area contributed by atoms with Gasteiger partial charge in [-0.2, -0.15) is 14.3 Å². The Morgan fingerprint density at radius 2 is 2.16 bits per heavy atom. The molecule has 1 aliphatic rings. The molecule has 1 aromatic carbocycles. The third-order valence-electron chi connectivity index (χ3n) is 5.34. The van der Waals surface area contributed by atoms with Gasteiger partial charge in [0.2, 0.25) is 5.15 Å². The second kappa shape index (κ2) is 8.27. The van der Waals surface area contributed by atoms with Crippen molar-refractivity contribution in [3.05, 3.63) is 52.8 Å². The van der Waals surface area contributed by atoms with Gasteiger partial charge in [-0.25, -0.2) is 9.37 Å². The minimum atomic E-state index is -2.07. The summed E-state index contributed by atoms with van der Waals surface area (Å²) in [5.74, 6) is -1.40. The van der Waals surface area contributed by atoms with E-state index >= 15 is 0 Å². The number of benzene rings is 1. The number of rotatable bonds is 6.